The van der Waals surface area contributed by atoms with E-state index in [4.69, 9.17) is 11.6 Å². The molecule has 0 bridgehead atoms. The number of halogens is 1. The second kappa shape index (κ2) is 7.94. The molecule has 1 aliphatic heterocycles. The van der Waals surface area contributed by atoms with Gasteiger partial charge in [0.2, 0.25) is 0 Å². The van der Waals surface area contributed by atoms with Crippen LogP contribution >= 0.6 is 11.6 Å². The fraction of sp³-hybridized carbons (Fsp3) is 0.238. The lowest BCUT2D eigenvalue weighted by Gasteiger charge is -2.34. The third-order valence-corrected chi connectivity index (χ3v) is 5.06. The molecule has 27 heavy (non-hydrogen) atoms. The highest BCUT2D eigenvalue weighted by Crippen LogP contribution is 2.14. The van der Waals surface area contributed by atoms with E-state index in [1.165, 1.54) is 5.56 Å². The van der Waals surface area contributed by atoms with E-state index < -0.39 is 0 Å². The van der Waals surface area contributed by atoms with Gasteiger partial charge in [-0.1, -0.05) is 41.9 Å². The summed E-state index contributed by atoms with van der Waals surface area (Å²) in [7, 11) is 0. The Kier molecular flexibility index (Phi) is 5.23. The zero-order valence-corrected chi connectivity index (χ0v) is 15.7. The van der Waals surface area contributed by atoms with Gasteiger partial charge in [0.1, 0.15) is 0 Å². The Labute approximate surface area is 163 Å². The Balaban J connectivity index is 1.35. The molecule has 1 saturated heterocycles. The lowest BCUT2D eigenvalue weighted by atomic mass is 10.2. The molecule has 0 radical (unpaired) electrons. The molecule has 2 heterocycles. The lowest BCUT2D eigenvalue weighted by Crippen LogP contribution is -2.48. The summed E-state index contributed by atoms with van der Waals surface area (Å²) in [5.74, 6) is -0.00387. The second-order valence-corrected chi connectivity index (χ2v) is 7.11. The minimum atomic E-state index is -0.00387. The molecule has 6 heteroatoms. The summed E-state index contributed by atoms with van der Waals surface area (Å²) in [5.41, 5.74) is 2.68. The van der Waals surface area contributed by atoms with E-state index in [0.717, 1.165) is 30.3 Å². The van der Waals surface area contributed by atoms with Crippen LogP contribution in [0.4, 0.5) is 0 Å². The van der Waals surface area contributed by atoms with Gasteiger partial charge in [-0.2, -0.15) is 5.10 Å². The predicted molar refractivity (Wildman–Crippen MR) is 106 cm³/mol. The molecule has 1 fully saturated rings. The highest BCUT2D eigenvalue weighted by atomic mass is 35.5. The van der Waals surface area contributed by atoms with Crippen molar-refractivity contribution >= 4 is 17.5 Å². The van der Waals surface area contributed by atoms with Crippen LogP contribution in [-0.4, -0.2) is 51.7 Å². The molecular formula is C21H21ClN4O. The number of hydrogen-bond donors (Lipinski definition) is 0. The normalized spacial score (nSPS) is 15.1. The van der Waals surface area contributed by atoms with Crippen LogP contribution in [0, 0.1) is 0 Å². The van der Waals surface area contributed by atoms with Crippen LogP contribution in [-0.2, 0) is 6.54 Å². The average Bonchev–Trinajstić information content (AvgIpc) is 3.21. The Morgan fingerprint density at radius 2 is 1.63 bits per heavy atom. The minimum absolute atomic E-state index is 0.00387. The van der Waals surface area contributed by atoms with Gasteiger partial charge in [-0.3, -0.25) is 9.69 Å². The van der Waals surface area contributed by atoms with Crippen molar-refractivity contribution in [3.05, 3.63) is 83.1 Å². The molecule has 138 valence electrons. The number of para-hydroxylation sites is 1. The van der Waals surface area contributed by atoms with Crippen LogP contribution in [0.1, 0.15) is 16.1 Å². The molecule has 0 N–H and O–H groups in total. The van der Waals surface area contributed by atoms with Crippen LogP contribution in [0.2, 0.25) is 5.02 Å². The smallest absolute Gasteiger partial charge is 0.274 e. The number of nitrogens with zero attached hydrogens (tertiary/aromatic N) is 4. The summed E-state index contributed by atoms with van der Waals surface area (Å²) in [6.45, 7) is 4.01. The van der Waals surface area contributed by atoms with Gasteiger partial charge in [0.15, 0.2) is 5.69 Å². The Morgan fingerprint density at radius 1 is 0.926 bits per heavy atom. The van der Waals surface area contributed by atoms with Crippen molar-refractivity contribution in [3.8, 4) is 5.69 Å². The first-order chi connectivity index (χ1) is 13.2. The highest BCUT2D eigenvalue weighted by molar-refractivity contribution is 6.30. The standard InChI is InChI=1S/C21H21ClN4O/c22-18-8-6-17(7-9-18)16-24-12-14-25(15-13-24)21(27)20-10-11-26(23-20)19-4-2-1-3-5-19/h1-11H,12-16H2. The molecule has 5 nitrogen and oxygen atoms in total. The average molecular weight is 381 g/mol. The first kappa shape index (κ1) is 17.8. The van der Waals surface area contributed by atoms with E-state index >= 15 is 0 Å². The van der Waals surface area contributed by atoms with Gasteiger partial charge < -0.3 is 4.90 Å². The highest BCUT2D eigenvalue weighted by Gasteiger charge is 2.23. The quantitative estimate of drug-likeness (QED) is 0.695. The Morgan fingerprint density at radius 3 is 2.33 bits per heavy atom. The predicted octanol–water partition coefficient (Wildman–Crippen LogP) is 3.48. The van der Waals surface area contributed by atoms with E-state index in [-0.39, 0.29) is 5.91 Å². The van der Waals surface area contributed by atoms with Crippen LogP contribution in [0.15, 0.2) is 66.9 Å². The first-order valence-corrected chi connectivity index (χ1v) is 9.44. The number of rotatable bonds is 4. The summed E-state index contributed by atoms with van der Waals surface area (Å²) in [4.78, 5) is 17.0. The molecular weight excluding hydrogens is 360 g/mol. The van der Waals surface area contributed by atoms with E-state index in [2.05, 4.69) is 22.1 Å². The van der Waals surface area contributed by atoms with Crippen LogP contribution in [0.25, 0.3) is 5.69 Å². The van der Waals surface area contributed by atoms with Crippen molar-refractivity contribution in [3.63, 3.8) is 0 Å². The van der Waals surface area contributed by atoms with Gasteiger partial charge in [-0.15, -0.1) is 0 Å². The molecule has 0 spiro atoms. The number of piperazine rings is 1. The van der Waals surface area contributed by atoms with Gasteiger partial charge in [0.25, 0.3) is 5.91 Å². The fourth-order valence-corrected chi connectivity index (χ4v) is 3.41. The summed E-state index contributed by atoms with van der Waals surface area (Å²) < 4.78 is 1.74. The fourth-order valence-electron chi connectivity index (χ4n) is 3.28. The topological polar surface area (TPSA) is 41.4 Å². The van der Waals surface area contributed by atoms with Crippen LogP contribution in [0.5, 0.6) is 0 Å². The van der Waals surface area contributed by atoms with Crippen LogP contribution < -0.4 is 0 Å². The van der Waals surface area contributed by atoms with Crippen molar-refractivity contribution in [1.82, 2.24) is 19.6 Å². The maximum absolute atomic E-state index is 12.8. The Hall–Kier alpha value is -2.63. The van der Waals surface area contributed by atoms with Gasteiger partial charge in [0.05, 0.1) is 5.69 Å². The molecule has 1 aliphatic rings. The van der Waals surface area contributed by atoms with E-state index in [9.17, 15) is 4.79 Å². The van der Waals surface area contributed by atoms with Gasteiger partial charge in [-0.05, 0) is 35.9 Å². The van der Waals surface area contributed by atoms with Crippen molar-refractivity contribution in [2.24, 2.45) is 0 Å². The maximum atomic E-state index is 12.8. The second-order valence-electron chi connectivity index (χ2n) is 6.68. The summed E-state index contributed by atoms with van der Waals surface area (Å²) in [5, 5.41) is 5.20. The number of benzene rings is 2. The van der Waals surface area contributed by atoms with Crippen LogP contribution in [0.3, 0.4) is 0 Å². The number of amides is 1. The number of hydrogen-bond acceptors (Lipinski definition) is 3. The monoisotopic (exact) mass is 380 g/mol. The number of carbonyl (C=O) groups excluding carboxylic acids is 1. The first-order valence-electron chi connectivity index (χ1n) is 9.06. The van der Waals surface area contributed by atoms with E-state index in [1.807, 2.05) is 53.6 Å². The van der Waals surface area contributed by atoms with Crippen molar-refractivity contribution in [2.75, 3.05) is 26.2 Å². The molecule has 0 atom stereocenters. The molecule has 0 aliphatic carbocycles. The van der Waals surface area contributed by atoms with Crippen molar-refractivity contribution in [1.29, 1.82) is 0 Å². The minimum Gasteiger partial charge on any atom is -0.335 e. The third-order valence-electron chi connectivity index (χ3n) is 4.81. The van der Waals surface area contributed by atoms with Gasteiger partial charge in [0, 0.05) is 43.9 Å². The van der Waals surface area contributed by atoms with Crippen molar-refractivity contribution in [2.45, 2.75) is 6.54 Å². The summed E-state index contributed by atoms with van der Waals surface area (Å²) in [6.07, 6.45) is 1.83. The molecule has 2 aromatic carbocycles. The maximum Gasteiger partial charge on any atom is 0.274 e. The Bertz CT molecular complexity index is 899. The third kappa shape index (κ3) is 4.21. The largest absolute Gasteiger partial charge is 0.335 e. The van der Waals surface area contributed by atoms with E-state index in [1.54, 1.807) is 10.7 Å². The molecule has 0 saturated carbocycles. The van der Waals surface area contributed by atoms with E-state index in [0.29, 0.717) is 18.8 Å². The molecule has 1 aromatic heterocycles. The molecule has 4 rings (SSSR count). The van der Waals surface area contributed by atoms with Gasteiger partial charge >= 0.3 is 0 Å². The lowest BCUT2D eigenvalue weighted by molar-refractivity contribution is 0.0622. The summed E-state index contributed by atoms with van der Waals surface area (Å²) >= 11 is 5.94. The van der Waals surface area contributed by atoms with Gasteiger partial charge in [-0.25, -0.2) is 4.68 Å². The van der Waals surface area contributed by atoms with Crippen molar-refractivity contribution < 1.29 is 4.79 Å². The zero-order valence-electron chi connectivity index (χ0n) is 15.0. The zero-order chi connectivity index (χ0) is 18.6. The summed E-state index contributed by atoms with van der Waals surface area (Å²) in [6, 6.07) is 19.5. The number of aromatic nitrogens is 2. The molecule has 3 aromatic rings. The number of carbonyl (C=O) groups is 1. The molecule has 1 amide bonds. The molecule has 0 unspecified atom stereocenters. The SMILES string of the molecule is O=C(c1ccn(-c2ccccc2)n1)N1CCN(Cc2ccc(Cl)cc2)CC1.